The molecule has 0 saturated heterocycles. The Bertz CT molecular complexity index is 235. The summed E-state index contributed by atoms with van der Waals surface area (Å²) in [5, 5.41) is 9.24. The minimum absolute atomic E-state index is 0.362. The van der Waals surface area contributed by atoms with Crippen LogP contribution < -0.4 is 0 Å². The van der Waals surface area contributed by atoms with Crippen LogP contribution in [0.3, 0.4) is 0 Å². The summed E-state index contributed by atoms with van der Waals surface area (Å²) in [5.41, 5.74) is 1.19. The summed E-state index contributed by atoms with van der Waals surface area (Å²) in [7, 11) is 0. The molecule has 0 fully saturated rings. The van der Waals surface area contributed by atoms with Gasteiger partial charge in [0.1, 0.15) is 5.75 Å². The van der Waals surface area contributed by atoms with Crippen molar-refractivity contribution in [3.05, 3.63) is 27.3 Å². The second kappa shape index (κ2) is 3.43. The Hall–Kier alpha value is -0.250. The van der Waals surface area contributed by atoms with Gasteiger partial charge in [-0.1, -0.05) is 13.8 Å². The highest BCUT2D eigenvalue weighted by molar-refractivity contribution is 14.1. The number of phenols is 1. The third-order valence-corrected chi connectivity index (χ3v) is 2.19. The van der Waals surface area contributed by atoms with E-state index in [0.717, 1.165) is 3.57 Å². The molecule has 0 aliphatic rings. The van der Waals surface area contributed by atoms with Crippen LogP contribution in [0.4, 0.5) is 0 Å². The van der Waals surface area contributed by atoms with Crippen molar-refractivity contribution in [1.29, 1.82) is 0 Å². The quantitative estimate of drug-likeness (QED) is 0.771. The zero-order valence-electron chi connectivity index (χ0n) is 6.63. The van der Waals surface area contributed by atoms with Gasteiger partial charge in [-0.05, 0) is 52.3 Å². The third kappa shape index (κ3) is 2.36. The highest BCUT2D eigenvalue weighted by Gasteiger charge is 2.01. The van der Waals surface area contributed by atoms with Crippen molar-refractivity contribution >= 4 is 22.6 Å². The molecule has 1 aromatic carbocycles. The third-order valence-electron chi connectivity index (χ3n) is 1.57. The Morgan fingerprint density at radius 2 is 1.91 bits per heavy atom. The van der Waals surface area contributed by atoms with E-state index in [1.54, 1.807) is 6.07 Å². The second-order valence-corrected chi connectivity index (χ2v) is 4.14. The number of halogens is 1. The van der Waals surface area contributed by atoms with E-state index in [1.165, 1.54) is 5.56 Å². The van der Waals surface area contributed by atoms with Crippen molar-refractivity contribution in [2.24, 2.45) is 0 Å². The van der Waals surface area contributed by atoms with Gasteiger partial charge in [0.05, 0.1) is 0 Å². The lowest BCUT2D eigenvalue weighted by Gasteiger charge is -2.05. The number of aromatic hydroxyl groups is 1. The zero-order valence-corrected chi connectivity index (χ0v) is 8.79. The lowest BCUT2D eigenvalue weighted by molar-refractivity contribution is 0.473. The molecule has 0 amide bonds. The van der Waals surface area contributed by atoms with Crippen molar-refractivity contribution < 1.29 is 5.11 Å². The minimum atomic E-state index is 0.362. The van der Waals surface area contributed by atoms with Gasteiger partial charge in [-0.3, -0.25) is 0 Å². The van der Waals surface area contributed by atoms with Crippen molar-refractivity contribution in [3.8, 4) is 5.75 Å². The first kappa shape index (κ1) is 8.84. The van der Waals surface area contributed by atoms with Gasteiger partial charge in [0.2, 0.25) is 0 Å². The average Bonchev–Trinajstić information content (AvgIpc) is 1.85. The molecular weight excluding hydrogens is 251 g/mol. The van der Waals surface area contributed by atoms with Crippen molar-refractivity contribution in [1.82, 2.24) is 0 Å². The molecular formula is C9H11IO. The van der Waals surface area contributed by atoms with E-state index >= 15 is 0 Å². The standard InChI is InChI=1S/C9H11IO/c1-6(2)7-3-8(10)5-9(11)4-7/h3-6,11H,1-2H3. The zero-order chi connectivity index (χ0) is 8.43. The van der Waals surface area contributed by atoms with Crippen LogP contribution in [-0.4, -0.2) is 5.11 Å². The molecule has 1 rings (SSSR count). The van der Waals surface area contributed by atoms with Gasteiger partial charge in [0, 0.05) is 3.57 Å². The maximum absolute atomic E-state index is 9.24. The molecule has 1 N–H and O–H groups in total. The molecule has 60 valence electrons. The van der Waals surface area contributed by atoms with Gasteiger partial charge in [0.25, 0.3) is 0 Å². The first-order chi connectivity index (χ1) is 5.09. The topological polar surface area (TPSA) is 20.2 Å². The molecule has 0 spiro atoms. The van der Waals surface area contributed by atoms with E-state index in [1.807, 2.05) is 6.07 Å². The molecule has 0 aliphatic carbocycles. The van der Waals surface area contributed by atoms with Crippen LogP contribution >= 0.6 is 22.6 Å². The largest absolute Gasteiger partial charge is 0.508 e. The fourth-order valence-electron chi connectivity index (χ4n) is 0.930. The summed E-state index contributed by atoms with van der Waals surface area (Å²) >= 11 is 2.20. The Morgan fingerprint density at radius 1 is 1.27 bits per heavy atom. The fraction of sp³-hybridized carbons (Fsp3) is 0.333. The molecule has 0 heterocycles. The van der Waals surface area contributed by atoms with Gasteiger partial charge in [0.15, 0.2) is 0 Å². The van der Waals surface area contributed by atoms with Crippen LogP contribution in [0.1, 0.15) is 25.3 Å². The summed E-state index contributed by atoms with van der Waals surface area (Å²) < 4.78 is 1.09. The smallest absolute Gasteiger partial charge is 0.116 e. The molecule has 11 heavy (non-hydrogen) atoms. The monoisotopic (exact) mass is 262 g/mol. The van der Waals surface area contributed by atoms with Gasteiger partial charge in [-0.15, -0.1) is 0 Å². The Labute approximate surface area is 80.6 Å². The Kier molecular flexibility index (Phi) is 2.76. The van der Waals surface area contributed by atoms with Gasteiger partial charge >= 0.3 is 0 Å². The minimum Gasteiger partial charge on any atom is -0.508 e. The summed E-state index contributed by atoms with van der Waals surface area (Å²) in [6, 6.07) is 5.66. The van der Waals surface area contributed by atoms with Crippen molar-refractivity contribution in [2.75, 3.05) is 0 Å². The van der Waals surface area contributed by atoms with Crippen molar-refractivity contribution in [2.45, 2.75) is 19.8 Å². The summed E-state index contributed by atoms with van der Waals surface area (Å²) in [6.45, 7) is 4.23. The molecule has 0 aromatic heterocycles. The molecule has 0 aliphatic heterocycles. The van der Waals surface area contributed by atoms with E-state index in [4.69, 9.17) is 0 Å². The fourth-order valence-corrected chi connectivity index (χ4v) is 1.61. The predicted octanol–water partition coefficient (Wildman–Crippen LogP) is 3.12. The molecule has 1 aromatic rings. The number of hydrogen-bond donors (Lipinski definition) is 1. The number of hydrogen-bond acceptors (Lipinski definition) is 1. The highest BCUT2D eigenvalue weighted by atomic mass is 127. The molecule has 0 atom stereocenters. The van der Waals surface area contributed by atoms with Gasteiger partial charge in [-0.25, -0.2) is 0 Å². The van der Waals surface area contributed by atoms with Gasteiger partial charge in [-0.2, -0.15) is 0 Å². The highest BCUT2D eigenvalue weighted by Crippen LogP contribution is 2.22. The lowest BCUT2D eigenvalue weighted by atomic mass is 10.0. The SMILES string of the molecule is CC(C)c1cc(O)cc(I)c1. The first-order valence-corrected chi connectivity index (χ1v) is 4.67. The van der Waals surface area contributed by atoms with Crippen LogP contribution in [0.5, 0.6) is 5.75 Å². The second-order valence-electron chi connectivity index (χ2n) is 2.90. The van der Waals surface area contributed by atoms with E-state index in [2.05, 4.69) is 42.5 Å². The van der Waals surface area contributed by atoms with Gasteiger partial charge < -0.3 is 5.11 Å². The average molecular weight is 262 g/mol. The maximum atomic E-state index is 9.24. The number of phenolic OH excluding ortho intramolecular Hbond substituents is 1. The van der Waals surface area contributed by atoms with E-state index in [0.29, 0.717) is 11.7 Å². The normalized spacial score (nSPS) is 10.5. The van der Waals surface area contributed by atoms with Crippen LogP contribution in [-0.2, 0) is 0 Å². The van der Waals surface area contributed by atoms with Crippen LogP contribution in [0, 0.1) is 3.57 Å². The molecule has 0 bridgehead atoms. The number of benzene rings is 1. The summed E-state index contributed by atoms with van der Waals surface area (Å²) in [6.07, 6.45) is 0. The Morgan fingerprint density at radius 3 is 2.36 bits per heavy atom. The van der Waals surface area contributed by atoms with Crippen LogP contribution in [0.25, 0.3) is 0 Å². The van der Waals surface area contributed by atoms with Crippen molar-refractivity contribution in [3.63, 3.8) is 0 Å². The molecule has 0 saturated carbocycles. The van der Waals surface area contributed by atoms with E-state index in [9.17, 15) is 5.11 Å². The van der Waals surface area contributed by atoms with Crippen LogP contribution in [0.2, 0.25) is 0 Å². The molecule has 2 heteroatoms. The van der Waals surface area contributed by atoms with Crippen LogP contribution in [0.15, 0.2) is 18.2 Å². The lowest BCUT2D eigenvalue weighted by Crippen LogP contribution is -1.87. The maximum Gasteiger partial charge on any atom is 0.116 e. The Balaban J connectivity index is 3.08. The molecule has 1 nitrogen and oxygen atoms in total. The summed E-state index contributed by atoms with van der Waals surface area (Å²) in [4.78, 5) is 0. The first-order valence-electron chi connectivity index (χ1n) is 3.59. The molecule has 0 unspecified atom stereocenters. The van der Waals surface area contributed by atoms with E-state index < -0.39 is 0 Å². The summed E-state index contributed by atoms with van der Waals surface area (Å²) in [5.74, 6) is 0.844. The molecule has 0 radical (unpaired) electrons. The predicted molar refractivity (Wildman–Crippen MR) is 54.9 cm³/mol. The number of rotatable bonds is 1. The van der Waals surface area contributed by atoms with E-state index in [-0.39, 0.29) is 0 Å².